The predicted octanol–water partition coefficient (Wildman–Crippen LogP) is 4.54. The molecule has 0 atom stereocenters. The largest absolute Gasteiger partial charge is 0.339 e. The van der Waals surface area contributed by atoms with Crippen molar-refractivity contribution >= 4 is 34.8 Å². The number of aromatic amines is 3. The summed E-state index contributed by atoms with van der Waals surface area (Å²) >= 11 is 5.12. The maximum atomic E-state index is 5.12. The topological polar surface area (TPSA) is 90.1 Å². The first-order valence-corrected chi connectivity index (χ1v) is 8.80. The molecule has 7 nitrogen and oxygen atoms in total. The number of nitrogens with one attached hydrogen (secondary N) is 4. The molecule has 0 spiro atoms. The lowest BCUT2D eigenvalue weighted by molar-refractivity contribution is 0.880. The van der Waals surface area contributed by atoms with Crippen LogP contribution >= 0.6 is 12.2 Å². The lowest BCUT2D eigenvalue weighted by atomic mass is 10.1. The standard InChI is InChI=1S/C19H15N7S/c27-19-22-15-7-4-13(10-17(15)23-19)21-18-11-16(24-25-18)12-2-5-14(6-3-12)26-9-1-8-20-26/h1-11H,(H2,21,24,25)(H2,22,23,27). The van der Waals surface area contributed by atoms with Crippen LogP contribution in [0.25, 0.3) is 28.0 Å². The fourth-order valence-electron chi connectivity index (χ4n) is 3.01. The van der Waals surface area contributed by atoms with Crippen LogP contribution in [0.1, 0.15) is 0 Å². The third kappa shape index (κ3) is 3.02. The fraction of sp³-hybridized carbons (Fsp3) is 0. The van der Waals surface area contributed by atoms with Crippen molar-refractivity contribution in [3.05, 3.63) is 71.8 Å². The van der Waals surface area contributed by atoms with Crippen molar-refractivity contribution in [2.75, 3.05) is 5.32 Å². The van der Waals surface area contributed by atoms with Crippen molar-refractivity contribution in [1.82, 2.24) is 29.9 Å². The molecule has 0 radical (unpaired) electrons. The van der Waals surface area contributed by atoms with Crippen molar-refractivity contribution in [2.45, 2.75) is 0 Å². The summed E-state index contributed by atoms with van der Waals surface area (Å²) in [6.45, 7) is 0. The summed E-state index contributed by atoms with van der Waals surface area (Å²) in [7, 11) is 0. The average Bonchev–Trinajstić information content (AvgIpc) is 3.42. The summed E-state index contributed by atoms with van der Waals surface area (Å²) in [6, 6.07) is 18.0. The van der Waals surface area contributed by atoms with E-state index in [1.165, 1.54) is 0 Å². The molecule has 0 fully saturated rings. The summed E-state index contributed by atoms with van der Waals surface area (Å²) in [6.07, 6.45) is 3.68. The minimum absolute atomic E-state index is 0.614. The highest BCUT2D eigenvalue weighted by Gasteiger charge is 2.06. The van der Waals surface area contributed by atoms with E-state index in [2.05, 4.69) is 30.6 Å². The van der Waals surface area contributed by atoms with Crippen LogP contribution < -0.4 is 5.32 Å². The molecule has 0 saturated heterocycles. The third-order valence-electron chi connectivity index (χ3n) is 4.31. The second-order valence-corrected chi connectivity index (χ2v) is 6.54. The number of rotatable bonds is 4. The first kappa shape index (κ1) is 15.6. The molecule has 0 bridgehead atoms. The number of aromatic nitrogens is 6. The lowest BCUT2D eigenvalue weighted by Gasteiger charge is -2.03. The van der Waals surface area contributed by atoms with Gasteiger partial charge in [0.25, 0.3) is 0 Å². The summed E-state index contributed by atoms with van der Waals surface area (Å²) in [5.41, 5.74) is 5.86. The molecule has 0 saturated carbocycles. The minimum Gasteiger partial charge on any atom is -0.339 e. The van der Waals surface area contributed by atoms with Gasteiger partial charge in [0.05, 0.1) is 22.4 Å². The monoisotopic (exact) mass is 373 g/mol. The van der Waals surface area contributed by atoms with E-state index in [1.54, 1.807) is 6.20 Å². The summed E-state index contributed by atoms with van der Waals surface area (Å²) < 4.78 is 2.44. The Hall–Kier alpha value is -3.65. The van der Waals surface area contributed by atoms with E-state index in [0.29, 0.717) is 4.77 Å². The molecule has 5 rings (SSSR count). The Morgan fingerprint density at radius 3 is 2.63 bits per heavy atom. The van der Waals surface area contributed by atoms with Gasteiger partial charge < -0.3 is 15.3 Å². The number of benzene rings is 2. The molecule has 8 heteroatoms. The number of imidazole rings is 1. The second kappa shape index (κ2) is 6.26. The molecule has 0 unspecified atom stereocenters. The third-order valence-corrected chi connectivity index (χ3v) is 4.52. The summed E-state index contributed by atoms with van der Waals surface area (Å²) in [4.78, 5) is 6.21. The maximum absolute atomic E-state index is 5.12. The number of hydrogen-bond donors (Lipinski definition) is 4. The van der Waals surface area contributed by atoms with Crippen molar-refractivity contribution in [3.63, 3.8) is 0 Å². The highest BCUT2D eigenvalue weighted by atomic mass is 32.1. The van der Waals surface area contributed by atoms with Crippen LogP contribution in [0.2, 0.25) is 0 Å². The zero-order valence-corrected chi connectivity index (χ0v) is 14.9. The molecular formula is C19H15N7S. The molecule has 3 heterocycles. The first-order valence-electron chi connectivity index (χ1n) is 8.39. The van der Waals surface area contributed by atoms with Crippen LogP contribution in [-0.2, 0) is 0 Å². The van der Waals surface area contributed by atoms with Gasteiger partial charge in [0.15, 0.2) is 10.6 Å². The Balaban J connectivity index is 1.38. The van der Waals surface area contributed by atoms with E-state index in [0.717, 1.165) is 39.5 Å². The Bertz CT molecular complexity index is 1260. The zero-order chi connectivity index (χ0) is 18.2. The van der Waals surface area contributed by atoms with E-state index in [1.807, 2.05) is 65.5 Å². The van der Waals surface area contributed by atoms with Gasteiger partial charge in [-0.25, -0.2) is 4.68 Å². The van der Waals surface area contributed by atoms with Gasteiger partial charge in [-0.15, -0.1) is 0 Å². The Morgan fingerprint density at radius 2 is 1.81 bits per heavy atom. The fourth-order valence-corrected chi connectivity index (χ4v) is 3.23. The van der Waals surface area contributed by atoms with Gasteiger partial charge in [0.1, 0.15) is 0 Å². The molecule has 0 aliphatic carbocycles. The molecule has 0 amide bonds. The van der Waals surface area contributed by atoms with Gasteiger partial charge in [-0.3, -0.25) is 5.10 Å². The highest BCUT2D eigenvalue weighted by molar-refractivity contribution is 7.71. The second-order valence-electron chi connectivity index (χ2n) is 6.13. The van der Waals surface area contributed by atoms with E-state index < -0.39 is 0 Å². The summed E-state index contributed by atoms with van der Waals surface area (Å²) in [5.74, 6) is 0.745. The smallest absolute Gasteiger partial charge is 0.175 e. The average molecular weight is 373 g/mol. The van der Waals surface area contributed by atoms with Gasteiger partial charge in [-0.1, -0.05) is 12.1 Å². The van der Waals surface area contributed by atoms with Gasteiger partial charge in [-0.05, 0) is 54.2 Å². The van der Waals surface area contributed by atoms with Crippen LogP contribution in [0.4, 0.5) is 11.5 Å². The van der Waals surface area contributed by atoms with Crippen LogP contribution in [-0.4, -0.2) is 29.9 Å². The molecule has 3 aromatic heterocycles. The Morgan fingerprint density at radius 1 is 0.963 bits per heavy atom. The lowest BCUT2D eigenvalue weighted by Crippen LogP contribution is -1.93. The van der Waals surface area contributed by atoms with Crippen LogP contribution in [0.15, 0.2) is 67.0 Å². The highest BCUT2D eigenvalue weighted by Crippen LogP contribution is 2.24. The minimum atomic E-state index is 0.614. The molecule has 0 aliphatic rings. The van der Waals surface area contributed by atoms with E-state index in [4.69, 9.17) is 12.2 Å². The number of nitrogens with zero attached hydrogens (tertiary/aromatic N) is 3. The van der Waals surface area contributed by atoms with E-state index >= 15 is 0 Å². The first-order chi connectivity index (χ1) is 13.2. The molecule has 2 aromatic carbocycles. The molecule has 27 heavy (non-hydrogen) atoms. The zero-order valence-electron chi connectivity index (χ0n) is 14.1. The SMILES string of the molecule is S=c1[nH]c2ccc(Nc3cc(-c4ccc(-n5cccn5)cc4)[nH]n3)cc2[nH]1. The van der Waals surface area contributed by atoms with Crippen molar-refractivity contribution in [1.29, 1.82) is 0 Å². The van der Waals surface area contributed by atoms with Crippen molar-refractivity contribution < 1.29 is 0 Å². The quantitative estimate of drug-likeness (QED) is 0.348. The molecular weight excluding hydrogens is 358 g/mol. The van der Waals surface area contributed by atoms with Crippen molar-refractivity contribution in [2.24, 2.45) is 0 Å². The number of hydrogen-bond acceptors (Lipinski definition) is 4. The van der Waals surface area contributed by atoms with Gasteiger partial charge >= 0.3 is 0 Å². The summed E-state index contributed by atoms with van der Waals surface area (Å²) in [5, 5.41) is 15.0. The van der Waals surface area contributed by atoms with Crippen LogP contribution in [0, 0.1) is 4.77 Å². The van der Waals surface area contributed by atoms with Gasteiger partial charge in [0.2, 0.25) is 0 Å². The molecule has 0 aliphatic heterocycles. The van der Waals surface area contributed by atoms with Crippen LogP contribution in [0.3, 0.4) is 0 Å². The Labute approximate surface area is 159 Å². The maximum Gasteiger partial charge on any atom is 0.175 e. The van der Waals surface area contributed by atoms with Crippen LogP contribution in [0.5, 0.6) is 0 Å². The van der Waals surface area contributed by atoms with Crippen molar-refractivity contribution in [3.8, 4) is 16.9 Å². The number of fused-ring (bicyclic) bond motifs is 1. The van der Waals surface area contributed by atoms with E-state index in [9.17, 15) is 0 Å². The predicted molar refractivity (Wildman–Crippen MR) is 108 cm³/mol. The molecule has 5 aromatic rings. The van der Waals surface area contributed by atoms with Gasteiger partial charge in [-0.2, -0.15) is 10.2 Å². The molecule has 4 N–H and O–H groups in total. The van der Waals surface area contributed by atoms with Gasteiger partial charge in [0, 0.05) is 24.1 Å². The number of anilines is 2. The number of H-pyrrole nitrogens is 3. The Kier molecular flexibility index (Phi) is 3.61. The van der Waals surface area contributed by atoms with E-state index in [-0.39, 0.29) is 0 Å². The normalized spacial score (nSPS) is 11.1. The molecule has 132 valence electrons.